The minimum Gasteiger partial charge on any atom is -0.369 e. The van der Waals surface area contributed by atoms with Crippen molar-refractivity contribution in [2.45, 2.75) is 39.5 Å². The van der Waals surface area contributed by atoms with Crippen LogP contribution in [0.25, 0.3) is 0 Å². The highest BCUT2D eigenvalue weighted by Gasteiger charge is 2.00. The third-order valence-electron chi connectivity index (χ3n) is 2.48. The van der Waals surface area contributed by atoms with Gasteiger partial charge >= 0.3 is 0 Å². The van der Waals surface area contributed by atoms with Gasteiger partial charge in [0.05, 0.1) is 6.42 Å². The molecule has 0 aliphatic rings. The van der Waals surface area contributed by atoms with Gasteiger partial charge in [0.2, 0.25) is 5.91 Å². The molecule has 3 nitrogen and oxygen atoms in total. The molecule has 0 aromatic carbocycles. The molecule has 1 heterocycles. The lowest BCUT2D eigenvalue weighted by Crippen LogP contribution is -2.13. The van der Waals surface area contributed by atoms with Gasteiger partial charge in [0, 0.05) is 11.9 Å². The van der Waals surface area contributed by atoms with Crippen LogP contribution in [-0.4, -0.2) is 10.9 Å². The first-order chi connectivity index (χ1) is 7.58. The Balaban J connectivity index is 2.42. The average molecular weight is 220 g/mol. The van der Waals surface area contributed by atoms with E-state index in [1.54, 1.807) is 6.20 Å². The van der Waals surface area contributed by atoms with Crippen LogP contribution in [0.1, 0.15) is 37.9 Å². The van der Waals surface area contributed by atoms with Crippen molar-refractivity contribution in [3.05, 3.63) is 29.6 Å². The highest BCUT2D eigenvalue weighted by Crippen LogP contribution is 2.09. The normalized spacial score (nSPS) is 10.7. The van der Waals surface area contributed by atoms with Crippen LogP contribution in [-0.2, 0) is 17.6 Å². The summed E-state index contributed by atoms with van der Waals surface area (Å²) in [5.74, 6) is 0.434. The number of rotatable bonds is 6. The molecule has 0 spiro atoms. The van der Waals surface area contributed by atoms with E-state index in [2.05, 4.69) is 18.8 Å². The molecular formula is C13H20N2O. The predicted octanol–water partition coefficient (Wildman–Crippen LogP) is 2.09. The standard InChI is InChI=1S/C13H20N2O/c1-10(2)4-3-5-12-7-6-11(9-15-12)8-13(14)16/h6-7,9-10H,3-5,8H2,1-2H3,(H2,14,16). The molecule has 1 amide bonds. The molecule has 0 fully saturated rings. The lowest BCUT2D eigenvalue weighted by Gasteiger charge is -2.04. The SMILES string of the molecule is CC(C)CCCc1ccc(CC(N)=O)cn1. The molecule has 2 N–H and O–H groups in total. The zero-order valence-electron chi connectivity index (χ0n) is 10.1. The molecule has 0 unspecified atom stereocenters. The van der Waals surface area contributed by atoms with Crippen molar-refractivity contribution in [3.63, 3.8) is 0 Å². The Morgan fingerprint density at radius 1 is 1.44 bits per heavy atom. The van der Waals surface area contributed by atoms with Crippen molar-refractivity contribution in [2.75, 3.05) is 0 Å². The van der Waals surface area contributed by atoms with E-state index < -0.39 is 0 Å². The largest absolute Gasteiger partial charge is 0.369 e. The lowest BCUT2D eigenvalue weighted by atomic mass is 10.0. The fraction of sp³-hybridized carbons (Fsp3) is 0.538. The summed E-state index contributed by atoms with van der Waals surface area (Å²) in [7, 11) is 0. The number of hydrogen-bond donors (Lipinski definition) is 1. The quantitative estimate of drug-likeness (QED) is 0.798. The van der Waals surface area contributed by atoms with Crippen LogP contribution in [0.2, 0.25) is 0 Å². The number of hydrogen-bond acceptors (Lipinski definition) is 2. The topological polar surface area (TPSA) is 56.0 Å². The maximum Gasteiger partial charge on any atom is 0.221 e. The lowest BCUT2D eigenvalue weighted by molar-refractivity contribution is -0.117. The van der Waals surface area contributed by atoms with E-state index in [4.69, 9.17) is 5.73 Å². The summed E-state index contributed by atoms with van der Waals surface area (Å²) in [6.45, 7) is 4.45. The maximum absolute atomic E-state index is 10.7. The second-order valence-electron chi connectivity index (χ2n) is 4.59. The Labute approximate surface area is 97.1 Å². The summed E-state index contributed by atoms with van der Waals surface area (Å²) < 4.78 is 0. The summed E-state index contributed by atoms with van der Waals surface area (Å²) in [5, 5.41) is 0. The summed E-state index contributed by atoms with van der Waals surface area (Å²) in [5.41, 5.74) is 7.09. The second kappa shape index (κ2) is 6.26. The summed E-state index contributed by atoms with van der Waals surface area (Å²) in [4.78, 5) is 15.0. The number of nitrogens with zero attached hydrogens (tertiary/aromatic N) is 1. The third kappa shape index (κ3) is 4.91. The first-order valence-electron chi connectivity index (χ1n) is 5.80. The Morgan fingerprint density at radius 3 is 2.69 bits per heavy atom. The van der Waals surface area contributed by atoms with Crippen molar-refractivity contribution >= 4 is 5.91 Å². The number of pyridine rings is 1. The van der Waals surface area contributed by atoms with Gasteiger partial charge in [0.25, 0.3) is 0 Å². The molecule has 88 valence electrons. The minimum atomic E-state index is -0.311. The van der Waals surface area contributed by atoms with Crippen LogP contribution >= 0.6 is 0 Å². The van der Waals surface area contributed by atoms with E-state index in [0.29, 0.717) is 0 Å². The number of aromatic nitrogens is 1. The Bertz CT molecular complexity index is 330. The Hall–Kier alpha value is -1.38. The van der Waals surface area contributed by atoms with Gasteiger partial charge in [-0.25, -0.2) is 0 Å². The van der Waals surface area contributed by atoms with Gasteiger partial charge in [-0.15, -0.1) is 0 Å². The summed E-state index contributed by atoms with van der Waals surface area (Å²) >= 11 is 0. The van der Waals surface area contributed by atoms with Gasteiger partial charge in [0.15, 0.2) is 0 Å². The third-order valence-corrected chi connectivity index (χ3v) is 2.48. The molecular weight excluding hydrogens is 200 g/mol. The molecule has 1 aromatic heterocycles. The average Bonchev–Trinajstić information content (AvgIpc) is 2.19. The van der Waals surface area contributed by atoms with Gasteiger partial charge < -0.3 is 5.73 Å². The van der Waals surface area contributed by atoms with E-state index >= 15 is 0 Å². The van der Waals surface area contributed by atoms with Crippen molar-refractivity contribution in [3.8, 4) is 0 Å². The molecule has 0 saturated carbocycles. The highest BCUT2D eigenvalue weighted by atomic mass is 16.1. The molecule has 16 heavy (non-hydrogen) atoms. The van der Waals surface area contributed by atoms with Gasteiger partial charge in [-0.1, -0.05) is 26.3 Å². The van der Waals surface area contributed by atoms with E-state index in [0.717, 1.165) is 23.6 Å². The zero-order valence-corrected chi connectivity index (χ0v) is 10.1. The van der Waals surface area contributed by atoms with E-state index in [-0.39, 0.29) is 12.3 Å². The van der Waals surface area contributed by atoms with Crippen LogP contribution in [0, 0.1) is 5.92 Å². The van der Waals surface area contributed by atoms with E-state index in [1.165, 1.54) is 12.8 Å². The first-order valence-corrected chi connectivity index (χ1v) is 5.80. The predicted molar refractivity (Wildman–Crippen MR) is 64.9 cm³/mol. The molecule has 3 heteroatoms. The summed E-state index contributed by atoms with van der Waals surface area (Å²) in [6.07, 6.45) is 5.42. The number of primary amides is 1. The molecule has 0 aliphatic heterocycles. The van der Waals surface area contributed by atoms with Crippen molar-refractivity contribution < 1.29 is 4.79 Å². The van der Waals surface area contributed by atoms with Gasteiger partial charge in [-0.3, -0.25) is 9.78 Å². The van der Waals surface area contributed by atoms with Gasteiger partial charge in [0.1, 0.15) is 0 Å². The number of aryl methyl sites for hydroxylation is 1. The maximum atomic E-state index is 10.7. The second-order valence-corrected chi connectivity index (χ2v) is 4.59. The Morgan fingerprint density at radius 2 is 2.19 bits per heavy atom. The van der Waals surface area contributed by atoms with Crippen molar-refractivity contribution in [2.24, 2.45) is 11.7 Å². The van der Waals surface area contributed by atoms with Crippen LogP contribution < -0.4 is 5.73 Å². The highest BCUT2D eigenvalue weighted by molar-refractivity contribution is 5.76. The van der Waals surface area contributed by atoms with Crippen LogP contribution in [0.4, 0.5) is 0 Å². The van der Waals surface area contributed by atoms with Crippen LogP contribution in [0.15, 0.2) is 18.3 Å². The van der Waals surface area contributed by atoms with E-state index in [9.17, 15) is 4.79 Å². The number of carbonyl (C=O) groups excluding carboxylic acids is 1. The van der Waals surface area contributed by atoms with Crippen LogP contribution in [0.3, 0.4) is 0 Å². The first kappa shape index (κ1) is 12.7. The van der Waals surface area contributed by atoms with Crippen LogP contribution in [0.5, 0.6) is 0 Å². The number of nitrogens with two attached hydrogens (primary N) is 1. The molecule has 1 aromatic rings. The zero-order chi connectivity index (χ0) is 12.0. The van der Waals surface area contributed by atoms with Crippen molar-refractivity contribution in [1.82, 2.24) is 4.98 Å². The summed E-state index contributed by atoms with van der Waals surface area (Å²) in [6, 6.07) is 3.92. The number of amides is 1. The molecule has 0 bridgehead atoms. The molecule has 0 aliphatic carbocycles. The monoisotopic (exact) mass is 220 g/mol. The van der Waals surface area contributed by atoms with Gasteiger partial charge in [-0.2, -0.15) is 0 Å². The smallest absolute Gasteiger partial charge is 0.221 e. The molecule has 0 saturated heterocycles. The molecule has 0 radical (unpaired) electrons. The fourth-order valence-corrected chi connectivity index (χ4v) is 1.60. The Kier molecular flexibility index (Phi) is 4.96. The molecule has 1 rings (SSSR count). The fourth-order valence-electron chi connectivity index (χ4n) is 1.60. The number of carbonyl (C=O) groups is 1. The van der Waals surface area contributed by atoms with Crippen molar-refractivity contribution in [1.29, 1.82) is 0 Å². The minimum absolute atomic E-state index is 0.277. The van der Waals surface area contributed by atoms with E-state index in [1.807, 2.05) is 12.1 Å². The van der Waals surface area contributed by atoms with Gasteiger partial charge in [-0.05, 0) is 30.4 Å². The molecule has 0 atom stereocenters.